The van der Waals surface area contributed by atoms with E-state index in [9.17, 15) is 14.7 Å². The molecule has 226 valence electrons. The van der Waals surface area contributed by atoms with Crippen LogP contribution in [0.2, 0.25) is 0 Å². The molecule has 0 unspecified atom stereocenters. The number of carbonyl (C=O) groups excluding carboxylic acids is 2. The summed E-state index contributed by atoms with van der Waals surface area (Å²) in [5, 5.41) is 10.3. The quantitative estimate of drug-likeness (QED) is 0.153. The molecule has 0 amide bonds. The van der Waals surface area contributed by atoms with Crippen molar-refractivity contribution in [1.82, 2.24) is 19.9 Å². The Balaban J connectivity index is 1.93. The molecule has 5 rings (SSSR count). The Kier molecular flexibility index (Phi) is 8.55. The predicted molar refractivity (Wildman–Crippen MR) is 168 cm³/mol. The van der Waals surface area contributed by atoms with E-state index in [2.05, 4.69) is 36.8 Å². The molecule has 2 aliphatic rings. The molecule has 2 atom stereocenters. The number of ether oxygens (including phenoxy) is 2. The van der Waals surface area contributed by atoms with E-state index in [1.54, 1.807) is 0 Å². The Morgan fingerprint density at radius 1 is 1.00 bits per heavy atom. The van der Waals surface area contributed by atoms with Crippen LogP contribution < -0.4 is 0 Å². The van der Waals surface area contributed by atoms with Crippen molar-refractivity contribution in [3.63, 3.8) is 0 Å². The van der Waals surface area contributed by atoms with Crippen molar-refractivity contribution >= 4 is 45.7 Å². The maximum atomic E-state index is 13.2. The van der Waals surface area contributed by atoms with Crippen LogP contribution in [0.25, 0.3) is 33.2 Å². The molecule has 0 aromatic carbocycles. The summed E-state index contributed by atoms with van der Waals surface area (Å²) in [5.74, 6) is -0.326. The molecule has 0 fully saturated rings. The van der Waals surface area contributed by atoms with E-state index in [0.717, 1.165) is 85.6 Å². The number of H-pyrrole nitrogens is 2. The van der Waals surface area contributed by atoms with E-state index >= 15 is 0 Å². The second-order valence-electron chi connectivity index (χ2n) is 11.4. The normalized spacial score (nSPS) is 16.5. The van der Waals surface area contributed by atoms with Gasteiger partial charge in [0, 0.05) is 45.3 Å². The largest absolute Gasteiger partial charge is 0.468 e. The first-order chi connectivity index (χ1) is 20.6. The molecule has 9 heteroatoms. The van der Waals surface area contributed by atoms with Crippen molar-refractivity contribution in [2.75, 3.05) is 13.7 Å². The lowest BCUT2D eigenvalue weighted by molar-refractivity contribution is -0.128. The van der Waals surface area contributed by atoms with Crippen LogP contribution in [-0.2, 0) is 20.9 Å². The number of rotatable bonds is 8. The standard InChI is InChI=1S/C34H40N4O5/c1-8-22-17(2)26-13-30-24(15-39)19(4)25(36-30)12-27-18(3)23(10-9-11-43-16-40)32(37-27)21(6)33-31(34(41)42-7)20(5)28(38-33)14-29(22)35-26/h12-14,16,18,23,36,38-39H,8-11,15H2,1-7H3/t18-,23-/m0/s1. The monoisotopic (exact) mass is 584 g/mol. The highest BCUT2D eigenvalue weighted by Crippen LogP contribution is 2.42. The Bertz CT molecular complexity index is 1800. The molecule has 9 nitrogen and oxygen atoms in total. The van der Waals surface area contributed by atoms with Gasteiger partial charge in [-0.15, -0.1) is 0 Å². The van der Waals surface area contributed by atoms with Crippen molar-refractivity contribution in [1.29, 1.82) is 0 Å². The third-order valence-electron chi connectivity index (χ3n) is 9.16. The van der Waals surface area contributed by atoms with Crippen molar-refractivity contribution in [2.24, 2.45) is 0 Å². The molecule has 8 bridgehead atoms. The molecule has 3 aromatic rings. The van der Waals surface area contributed by atoms with Gasteiger partial charge in [-0.3, -0.25) is 9.78 Å². The lowest BCUT2D eigenvalue weighted by Gasteiger charge is -2.17. The topological polar surface area (TPSA) is 130 Å². The van der Waals surface area contributed by atoms with Crippen molar-refractivity contribution in [3.05, 3.63) is 68.8 Å². The second-order valence-corrected chi connectivity index (χ2v) is 11.4. The molecule has 0 saturated carbocycles. The number of fused-ring (bicyclic) bond motifs is 8. The Hall–Kier alpha value is -4.24. The highest BCUT2D eigenvalue weighted by atomic mass is 16.5. The molecule has 5 heterocycles. The first-order valence-corrected chi connectivity index (χ1v) is 14.8. The Morgan fingerprint density at radius 2 is 1.72 bits per heavy atom. The van der Waals surface area contributed by atoms with E-state index in [1.165, 1.54) is 7.11 Å². The Labute approximate surface area is 251 Å². The molecule has 2 aliphatic heterocycles. The van der Waals surface area contributed by atoms with Gasteiger partial charge in [-0.1, -0.05) is 13.8 Å². The highest BCUT2D eigenvalue weighted by Gasteiger charge is 2.31. The Morgan fingerprint density at radius 3 is 2.40 bits per heavy atom. The lowest BCUT2D eigenvalue weighted by atomic mass is 9.86. The van der Waals surface area contributed by atoms with E-state index in [-0.39, 0.29) is 18.4 Å². The van der Waals surface area contributed by atoms with E-state index in [4.69, 9.17) is 19.4 Å². The number of methoxy groups -OCH3 is 1. The molecular weight excluding hydrogens is 544 g/mol. The number of nitrogens with zero attached hydrogens (tertiary/aromatic N) is 2. The molecule has 0 spiro atoms. The minimum absolute atomic E-state index is 0.0329. The molecule has 3 aromatic heterocycles. The fourth-order valence-corrected chi connectivity index (χ4v) is 6.54. The number of allylic oxidation sites excluding steroid dienone is 2. The van der Waals surface area contributed by atoms with Gasteiger partial charge in [0.05, 0.1) is 42.8 Å². The highest BCUT2D eigenvalue weighted by molar-refractivity contribution is 6.03. The SMILES string of the molecule is CCC1=C(C)c2cc3[nH]c(cc4nc(c(C)c5[nH]c(cc1n2)c(C)c5C(=O)OC)[C@@H](CCCOC=O)[C@@H]4C)c(C)c3CO. The van der Waals surface area contributed by atoms with Crippen molar-refractivity contribution in [2.45, 2.75) is 79.2 Å². The van der Waals surface area contributed by atoms with Gasteiger partial charge in [-0.05, 0) is 93.0 Å². The van der Waals surface area contributed by atoms with Crippen molar-refractivity contribution in [3.8, 4) is 0 Å². The minimum atomic E-state index is -0.416. The average Bonchev–Trinajstić information content (AvgIpc) is 3.68. The van der Waals surface area contributed by atoms with Gasteiger partial charge in [0.1, 0.15) is 0 Å². The number of aliphatic hydroxyl groups is 1. The molecule has 0 saturated heterocycles. The summed E-state index contributed by atoms with van der Waals surface area (Å²) in [4.78, 5) is 41.2. The van der Waals surface area contributed by atoms with Gasteiger partial charge < -0.3 is 24.5 Å². The first kappa shape index (κ1) is 30.2. The third-order valence-corrected chi connectivity index (χ3v) is 9.16. The zero-order chi connectivity index (χ0) is 31.0. The maximum absolute atomic E-state index is 13.2. The zero-order valence-electron chi connectivity index (χ0n) is 26.0. The van der Waals surface area contributed by atoms with Gasteiger partial charge in [0.25, 0.3) is 6.47 Å². The van der Waals surface area contributed by atoms with Crippen LogP contribution in [0, 0.1) is 20.8 Å². The summed E-state index contributed by atoms with van der Waals surface area (Å²) in [7, 11) is 1.39. The lowest BCUT2D eigenvalue weighted by Crippen LogP contribution is -2.07. The fraction of sp³-hybridized carbons (Fsp3) is 0.412. The van der Waals surface area contributed by atoms with E-state index in [1.807, 2.05) is 32.9 Å². The number of hydrogen-bond donors (Lipinski definition) is 3. The molecule has 3 N–H and O–H groups in total. The number of carbonyl (C=O) groups is 2. The number of nitrogens with one attached hydrogen (secondary N) is 2. The number of esters is 1. The molecule has 0 radical (unpaired) electrons. The molecular formula is C34H40N4O5. The fourth-order valence-electron chi connectivity index (χ4n) is 6.54. The summed E-state index contributed by atoms with van der Waals surface area (Å²) >= 11 is 0. The molecule has 43 heavy (non-hydrogen) atoms. The summed E-state index contributed by atoms with van der Waals surface area (Å²) < 4.78 is 10.2. The minimum Gasteiger partial charge on any atom is -0.468 e. The van der Waals surface area contributed by atoms with E-state index < -0.39 is 5.97 Å². The molecule has 0 aliphatic carbocycles. The zero-order valence-corrected chi connectivity index (χ0v) is 26.0. The van der Waals surface area contributed by atoms with Gasteiger partial charge in [-0.25, -0.2) is 9.78 Å². The van der Waals surface area contributed by atoms with Crippen LogP contribution in [0.15, 0.2) is 18.2 Å². The van der Waals surface area contributed by atoms with Crippen LogP contribution in [0.4, 0.5) is 0 Å². The average molecular weight is 585 g/mol. The summed E-state index contributed by atoms with van der Waals surface area (Å²) in [6.07, 6.45) is 2.22. The van der Waals surface area contributed by atoms with Gasteiger partial charge >= 0.3 is 5.97 Å². The summed E-state index contributed by atoms with van der Waals surface area (Å²) in [6.45, 7) is 12.9. The van der Waals surface area contributed by atoms with Gasteiger partial charge in [0.2, 0.25) is 0 Å². The maximum Gasteiger partial charge on any atom is 0.340 e. The van der Waals surface area contributed by atoms with Crippen LogP contribution in [0.5, 0.6) is 0 Å². The first-order valence-electron chi connectivity index (χ1n) is 14.8. The number of hydrogen-bond acceptors (Lipinski definition) is 7. The van der Waals surface area contributed by atoms with Gasteiger partial charge in [-0.2, -0.15) is 0 Å². The number of aliphatic hydroxyl groups excluding tert-OH is 1. The predicted octanol–water partition coefficient (Wildman–Crippen LogP) is 6.70. The summed E-state index contributed by atoms with van der Waals surface area (Å²) in [6, 6.07) is 6.07. The third kappa shape index (κ3) is 5.27. The van der Waals surface area contributed by atoms with Crippen LogP contribution in [0.1, 0.15) is 107 Å². The number of aromatic nitrogens is 4. The number of aromatic amines is 2. The van der Waals surface area contributed by atoms with Gasteiger partial charge in [0.15, 0.2) is 0 Å². The van der Waals surface area contributed by atoms with Crippen LogP contribution in [-0.4, -0.2) is 51.2 Å². The van der Waals surface area contributed by atoms with Crippen LogP contribution >= 0.6 is 0 Å². The number of aryl methyl sites for hydroxylation is 3. The summed E-state index contributed by atoms with van der Waals surface area (Å²) in [5.41, 5.74) is 12.7. The second kappa shape index (κ2) is 12.2. The van der Waals surface area contributed by atoms with E-state index in [0.29, 0.717) is 30.6 Å². The van der Waals surface area contributed by atoms with Crippen LogP contribution in [0.3, 0.4) is 0 Å². The smallest absolute Gasteiger partial charge is 0.340 e. The van der Waals surface area contributed by atoms with Crippen molar-refractivity contribution < 1.29 is 24.2 Å².